The first-order valence-electron chi connectivity index (χ1n) is 3.77. The van der Waals surface area contributed by atoms with Gasteiger partial charge in [0.2, 0.25) is 0 Å². The first-order chi connectivity index (χ1) is 7.62. The number of rotatable bonds is 0. The van der Waals surface area contributed by atoms with Crippen molar-refractivity contribution in [3.63, 3.8) is 0 Å². The van der Waals surface area contributed by atoms with Crippen molar-refractivity contribution >= 4 is 23.2 Å². The predicted molar refractivity (Wildman–Crippen MR) is 55.3 cm³/mol. The first-order valence-corrected chi connectivity index (χ1v) is 4.53. The Morgan fingerprint density at radius 1 is 0.562 bits per heavy atom. The van der Waals surface area contributed by atoms with Gasteiger partial charge >= 0.3 is 0 Å². The van der Waals surface area contributed by atoms with Gasteiger partial charge in [0.1, 0.15) is 24.3 Å². The Hall–Kier alpha value is -2.24. The average Bonchev–Trinajstić information content (AvgIpc) is 2.30. The summed E-state index contributed by atoms with van der Waals surface area (Å²) in [4.78, 5) is 0. The molecule has 0 atom stereocenters. The summed E-state index contributed by atoms with van der Waals surface area (Å²) in [5.41, 5.74) is -0.760. The van der Waals surface area contributed by atoms with Crippen molar-refractivity contribution in [3.8, 4) is 24.3 Å². The summed E-state index contributed by atoms with van der Waals surface area (Å²) in [6.07, 6.45) is 0. The van der Waals surface area contributed by atoms with E-state index in [1.165, 1.54) is 0 Å². The maximum atomic E-state index is 8.80. The zero-order valence-corrected chi connectivity index (χ0v) is 9.06. The van der Waals surface area contributed by atoms with E-state index in [1.54, 1.807) is 24.3 Å². The molecule has 0 aliphatic carbocycles. The molecule has 0 aliphatic rings. The lowest BCUT2D eigenvalue weighted by molar-refractivity contribution is 1.38. The summed E-state index contributed by atoms with van der Waals surface area (Å²) in [6, 6.07) is 6.73. The van der Waals surface area contributed by atoms with E-state index in [-0.39, 0.29) is 32.3 Å². The van der Waals surface area contributed by atoms with Crippen LogP contribution in [0.15, 0.2) is 0 Å². The average molecular weight is 247 g/mol. The van der Waals surface area contributed by atoms with E-state index in [0.717, 1.165) is 0 Å². The molecular weight excluding hydrogens is 247 g/mol. The van der Waals surface area contributed by atoms with Crippen molar-refractivity contribution in [1.82, 2.24) is 0 Å². The van der Waals surface area contributed by atoms with Crippen LogP contribution in [0.25, 0.3) is 0 Å². The van der Waals surface area contributed by atoms with E-state index in [0.29, 0.717) is 0 Å². The van der Waals surface area contributed by atoms with Crippen LogP contribution < -0.4 is 0 Å². The molecule has 16 heavy (non-hydrogen) atoms. The molecule has 0 aliphatic heterocycles. The molecule has 0 heterocycles. The fraction of sp³-hybridized carbons (Fsp3) is 0. The van der Waals surface area contributed by atoms with Crippen LogP contribution in [0.2, 0.25) is 10.0 Å². The van der Waals surface area contributed by atoms with Gasteiger partial charge in [0.15, 0.2) is 0 Å². The molecule has 0 unspecified atom stereocenters. The Morgan fingerprint density at radius 3 is 0.875 bits per heavy atom. The molecule has 1 rings (SSSR count). The van der Waals surface area contributed by atoms with Gasteiger partial charge in [-0.1, -0.05) is 23.2 Å². The van der Waals surface area contributed by atoms with E-state index in [2.05, 4.69) is 0 Å². The van der Waals surface area contributed by atoms with E-state index < -0.39 is 0 Å². The maximum Gasteiger partial charge on any atom is 0.102 e. The fourth-order valence-electron chi connectivity index (χ4n) is 1.11. The second kappa shape index (κ2) is 4.52. The van der Waals surface area contributed by atoms with Crippen molar-refractivity contribution in [2.75, 3.05) is 0 Å². The largest absolute Gasteiger partial charge is 0.192 e. The van der Waals surface area contributed by atoms with Crippen LogP contribution in [-0.2, 0) is 0 Å². The van der Waals surface area contributed by atoms with E-state index in [4.69, 9.17) is 44.2 Å². The van der Waals surface area contributed by atoms with Gasteiger partial charge in [-0.2, -0.15) is 21.0 Å². The Balaban J connectivity index is 3.98. The summed E-state index contributed by atoms with van der Waals surface area (Å²) in [5, 5.41) is 34.8. The highest BCUT2D eigenvalue weighted by atomic mass is 35.5. The van der Waals surface area contributed by atoms with Crippen LogP contribution in [0.3, 0.4) is 0 Å². The molecule has 0 saturated heterocycles. The molecule has 0 bridgehead atoms. The van der Waals surface area contributed by atoms with Crippen molar-refractivity contribution in [2.45, 2.75) is 0 Å². The van der Waals surface area contributed by atoms with Crippen molar-refractivity contribution in [3.05, 3.63) is 32.3 Å². The standard InChI is InChI=1S/C10Cl2N4/c11-9-5(1-13)6(2-14)10(12)8(4-16)7(9)3-15. The summed E-state index contributed by atoms with van der Waals surface area (Å²) < 4.78 is 0. The van der Waals surface area contributed by atoms with Gasteiger partial charge in [0.05, 0.1) is 32.3 Å². The molecule has 0 spiro atoms. The molecule has 4 nitrogen and oxygen atoms in total. The van der Waals surface area contributed by atoms with Crippen LogP contribution in [0.4, 0.5) is 0 Å². The third-order valence-corrected chi connectivity index (χ3v) is 2.58. The minimum absolute atomic E-state index is 0.190. The van der Waals surface area contributed by atoms with Gasteiger partial charge in [-0.15, -0.1) is 0 Å². The quantitative estimate of drug-likeness (QED) is 0.703. The molecule has 1 aromatic carbocycles. The van der Waals surface area contributed by atoms with Gasteiger partial charge in [0.25, 0.3) is 0 Å². The van der Waals surface area contributed by atoms with Crippen LogP contribution in [-0.4, -0.2) is 0 Å². The number of hydrogen-bond acceptors (Lipinski definition) is 4. The monoisotopic (exact) mass is 246 g/mol. The molecule has 74 valence electrons. The van der Waals surface area contributed by atoms with Gasteiger partial charge in [-0.3, -0.25) is 0 Å². The lowest BCUT2D eigenvalue weighted by Gasteiger charge is -2.05. The molecule has 6 heteroatoms. The smallest absolute Gasteiger partial charge is 0.102 e. The van der Waals surface area contributed by atoms with Crippen molar-refractivity contribution in [2.24, 2.45) is 0 Å². The molecule has 1 aromatic rings. The van der Waals surface area contributed by atoms with Crippen LogP contribution in [0, 0.1) is 45.3 Å². The van der Waals surface area contributed by atoms with Crippen molar-refractivity contribution < 1.29 is 0 Å². The number of hydrogen-bond donors (Lipinski definition) is 0. The lowest BCUT2D eigenvalue weighted by atomic mass is 10.0. The van der Waals surface area contributed by atoms with E-state index in [1.807, 2.05) is 0 Å². The minimum atomic E-state index is -0.220. The van der Waals surface area contributed by atoms with Crippen LogP contribution in [0.1, 0.15) is 22.3 Å². The Labute approximate surface area is 101 Å². The molecule has 0 fully saturated rings. The Kier molecular flexibility index (Phi) is 3.34. The molecule has 0 aromatic heterocycles. The minimum Gasteiger partial charge on any atom is -0.192 e. The summed E-state index contributed by atoms with van der Waals surface area (Å²) >= 11 is 11.5. The van der Waals surface area contributed by atoms with E-state index >= 15 is 0 Å². The molecular formula is C10Cl2N4. The highest BCUT2D eigenvalue weighted by Gasteiger charge is 2.21. The highest BCUT2D eigenvalue weighted by Crippen LogP contribution is 2.33. The summed E-state index contributed by atoms with van der Waals surface area (Å²) in [6.45, 7) is 0. The third kappa shape index (κ3) is 1.54. The van der Waals surface area contributed by atoms with Crippen LogP contribution >= 0.6 is 23.2 Å². The molecule has 0 N–H and O–H groups in total. The van der Waals surface area contributed by atoms with Crippen molar-refractivity contribution in [1.29, 1.82) is 21.0 Å². The van der Waals surface area contributed by atoms with Gasteiger partial charge in [0, 0.05) is 0 Å². The summed E-state index contributed by atoms with van der Waals surface area (Å²) in [7, 11) is 0. The highest BCUT2D eigenvalue weighted by molar-refractivity contribution is 6.37. The molecule has 0 amide bonds. The normalized spacial score (nSPS) is 8.38. The zero-order valence-electron chi connectivity index (χ0n) is 7.54. The number of halogens is 2. The predicted octanol–water partition coefficient (Wildman–Crippen LogP) is 2.48. The Morgan fingerprint density at radius 2 is 0.750 bits per heavy atom. The maximum absolute atomic E-state index is 8.80. The van der Waals surface area contributed by atoms with Gasteiger partial charge in [-0.05, 0) is 0 Å². The second-order valence-corrected chi connectivity index (χ2v) is 3.33. The lowest BCUT2D eigenvalue weighted by Crippen LogP contribution is -1.96. The fourth-order valence-corrected chi connectivity index (χ4v) is 1.66. The second-order valence-electron chi connectivity index (χ2n) is 2.58. The number of nitriles is 4. The number of benzene rings is 1. The zero-order chi connectivity index (χ0) is 12.3. The van der Waals surface area contributed by atoms with Gasteiger partial charge < -0.3 is 0 Å². The van der Waals surface area contributed by atoms with Gasteiger partial charge in [-0.25, -0.2) is 0 Å². The third-order valence-electron chi connectivity index (χ3n) is 1.83. The SMILES string of the molecule is N#Cc1c(Cl)c(C#N)c(C#N)c(Cl)c1C#N. The van der Waals surface area contributed by atoms with Crippen LogP contribution in [0.5, 0.6) is 0 Å². The molecule has 0 saturated carbocycles. The first kappa shape index (κ1) is 11.8. The number of nitrogens with zero attached hydrogens (tertiary/aromatic N) is 4. The Bertz CT molecular complexity index is 525. The summed E-state index contributed by atoms with van der Waals surface area (Å²) in [5.74, 6) is 0. The van der Waals surface area contributed by atoms with E-state index in [9.17, 15) is 0 Å². The topological polar surface area (TPSA) is 95.2 Å². The molecule has 0 radical (unpaired) electrons.